The molecule has 0 aliphatic rings. The number of amides is 1. The fourth-order valence-electron chi connectivity index (χ4n) is 1.25. The highest BCUT2D eigenvalue weighted by Gasteiger charge is 2.19. The smallest absolute Gasteiger partial charge is 0.239 e. The van der Waals surface area contributed by atoms with E-state index in [-0.39, 0.29) is 5.91 Å². The lowest BCUT2D eigenvalue weighted by molar-refractivity contribution is -0.122. The molecule has 0 fully saturated rings. The number of nitrogens with zero attached hydrogens (tertiary/aromatic N) is 2. The van der Waals surface area contributed by atoms with Crippen molar-refractivity contribution in [3.63, 3.8) is 0 Å². The maximum Gasteiger partial charge on any atom is 0.239 e. The predicted molar refractivity (Wildman–Crippen MR) is 49.9 cm³/mol. The second-order valence-electron chi connectivity index (χ2n) is 3.05. The number of hydrogen-bond acceptors (Lipinski definition) is 3. The molecule has 4 heteroatoms. The molecule has 0 radical (unpaired) electrons. The standard InChI is InChI=1S/C9H13N3O/c1-12(2)8(9(10)13)7-4-3-5-11-6-7/h3-6,8H,1-2H3,(H2,10,13). The average Bonchev–Trinajstić information content (AvgIpc) is 2.04. The number of pyridine rings is 1. The summed E-state index contributed by atoms with van der Waals surface area (Å²) < 4.78 is 0. The van der Waals surface area contributed by atoms with Crippen molar-refractivity contribution in [2.75, 3.05) is 14.1 Å². The minimum atomic E-state index is -0.395. The van der Waals surface area contributed by atoms with Crippen molar-refractivity contribution in [1.29, 1.82) is 0 Å². The van der Waals surface area contributed by atoms with Crippen LogP contribution >= 0.6 is 0 Å². The summed E-state index contributed by atoms with van der Waals surface area (Å²) in [6, 6.07) is 3.23. The summed E-state index contributed by atoms with van der Waals surface area (Å²) in [6.07, 6.45) is 3.31. The molecule has 4 nitrogen and oxygen atoms in total. The molecule has 0 saturated carbocycles. The summed E-state index contributed by atoms with van der Waals surface area (Å²) in [5.74, 6) is -0.363. The Morgan fingerprint density at radius 2 is 2.31 bits per heavy atom. The van der Waals surface area contributed by atoms with E-state index >= 15 is 0 Å². The largest absolute Gasteiger partial charge is 0.368 e. The van der Waals surface area contributed by atoms with Crippen LogP contribution in [0.2, 0.25) is 0 Å². The van der Waals surface area contributed by atoms with Crippen molar-refractivity contribution in [3.05, 3.63) is 30.1 Å². The summed E-state index contributed by atoms with van der Waals surface area (Å²) in [4.78, 5) is 16.8. The molecule has 0 aliphatic heterocycles. The fourth-order valence-corrected chi connectivity index (χ4v) is 1.25. The molecule has 1 aromatic heterocycles. The number of nitrogens with two attached hydrogens (primary N) is 1. The third kappa shape index (κ3) is 2.26. The highest BCUT2D eigenvalue weighted by Crippen LogP contribution is 2.15. The molecular weight excluding hydrogens is 166 g/mol. The molecule has 1 amide bonds. The molecule has 0 aliphatic carbocycles. The van der Waals surface area contributed by atoms with Gasteiger partial charge in [0.2, 0.25) is 5.91 Å². The van der Waals surface area contributed by atoms with Crippen LogP contribution in [0.1, 0.15) is 11.6 Å². The molecular formula is C9H13N3O. The van der Waals surface area contributed by atoms with E-state index in [9.17, 15) is 4.79 Å². The Bertz CT molecular complexity index is 284. The molecule has 1 heterocycles. The third-order valence-electron chi connectivity index (χ3n) is 1.79. The maximum atomic E-state index is 11.1. The number of carbonyl (C=O) groups is 1. The molecule has 1 unspecified atom stereocenters. The van der Waals surface area contributed by atoms with Gasteiger partial charge in [-0.15, -0.1) is 0 Å². The zero-order valence-electron chi connectivity index (χ0n) is 7.77. The monoisotopic (exact) mass is 179 g/mol. The topological polar surface area (TPSA) is 59.2 Å². The lowest BCUT2D eigenvalue weighted by Crippen LogP contribution is -2.32. The Morgan fingerprint density at radius 1 is 1.62 bits per heavy atom. The van der Waals surface area contributed by atoms with Gasteiger partial charge in [0.05, 0.1) is 0 Å². The van der Waals surface area contributed by atoms with Crippen LogP contribution in [0.3, 0.4) is 0 Å². The minimum absolute atomic E-state index is 0.363. The first-order valence-electron chi connectivity index (χ1n) is 3.98. The number of likely N-dealkylation sites (N-methyl/N-ethyl adjacent to an activating group) is 1. The Balaban J connectivity index is 2.96. The van der Waals surface area contributed by atoms with Gasteiger partial charge in [0.1, 0.15) is 6.04 Å². The van der Waals surface area contributed by atoms with Crippen LogP contribution in [0, 0.1) is 0 Å². The average molecular weight is 179 g/mol. The molecule has 2 N–H and O–H groups in total. The number of aromatic nitrogens is 1. The highest BCUT2D eigenvalue weighted by atomic mass is 16.1. The molecule has 0 aromatic carbocycles. The van der Waals surface area contributed by atoms with Crippen molar-refractivity contribution < 1.29 is 4.79 Å². The van der Waals surface area contributed by atoms with Crippen LogP contribution in [-0.2, 0) is 4.79 Å². The van der Waals surface area contributed by atoms with Gasteiger partial charge in [-0.2, -0.15) is 0 Å². The van der Waals surface area contributed by atoms with E-state index in [0.29, 0.717) is 0 Å². The second-order valence-corrected chi connectivity index (χ2v) is 3.05. The summed E-state index contributed by atoms with van der Waals surface area (Å²) in [5.41, 5.74) is 6.08. The third-order valence-corrected chi connectivity index (χ3v) is 1.79. The highest BCUT2D eigenvalue weighted by molar-refractivity contribution is 5.81. The number of primary amides is 1. The van der Waals surface area contributed by atoms with E-state index in [1.807, 2.05) is 20.2 Å². The van der Waals surface area contributed by atoms with Gasteiger partial charge in [-0.05, 0) is 25.7 Å². The van der Waals surface area contributed by atoms with Gasteiger partial charge in [0.25, 0.3) is 0 Å². The van der Waals surface area contributed by atoms with Gasteiger partial charge < -0.3 is 5.73 Å². The SMILES string of the molecule is CN(C)C(C(N)=O)c1cccnc1. The summed E-state index contributed by atoms with van der Waals surface area (Å²) in [7, 11) is 3.62. The lowest BCUT2D eigenvalue weighted by Gasteiger charge is -2.20. The van der Waals surface area contributed by atoms with Crippen LogP contribution in [0.4, 0.5) is 0 Å². The van der Waals surface area contributed by atoms with E-state index in [2.05, 4.69) is 4.98 Å². The van der Waals surface area contributed by atoms with Crippen molar-refractivity contribution in [1.82, 2.24) is 9.88 Å². The van der Waals surface area contributed by atoms with Crippen LogP contribution in [0.15, 0.2) is 24.5 Å². The first-order valence-corrected chi connectivity index (χ1v) is 3.98. The van der Waals surface area contributed by atoms with E-state index in [0.717, 1.165) is 5.56 Å². The summed E-state index contributed by atoms with van der Waals surface area (Å²) in [5, 5.41) is 0. The minimum Gasteiger partial charge on any atom is -0.368 e. The van der Waals surface area contributed by atoms with E-state index in [1.54, 1.807) is 23.4 Å². The van der Waals surface area contributed by atoms with Crippen LogP contribution in [0.5, 0.6) is 0 Å². The number of hydrogen-bond donors (Lipinski definition) is 1. The van der Waals surface area contributed by atoms with Gasteiger partial charge in [0, 0.05) is 12.4 Å². The zero-order valence-corrected chi connectivity index (χ0v) is 7.77. The molecule has 0 bridgehead atoms. The first kappa shape index (κ1) is 9.67. The second kappa shape index (κ2) is 4.00. The maximum absolute atomic E-state index is 11.1. The molecule has 70 valence electrons. The van der Waals surface area contributed by atoms with Crippen molar-refractivity contribution in [3.8, 4) is 0 Å². The van der Waals surface area contributed by atoms with Gasteiger partial charge in [0.15, 0.2) is 0 Å². The van der Waals surface area contributed by atoms with Crippen LogP contribution in [0.25, 0.3) is 0 Å². The van der Waals surface area contributed by atoms with Crippen molar-refractivity contribution >= 4 is 5.91 Å². The molecule has 0 saturated heterocycles. The van der Waals surface area contributed by atoms with Gasteiger partial charge in [-0.3, -0.25) is 14.7 Å². The van der Waals surface area contributed by atoms with Crippen LogP contribution in [-0.4, -0.2) is 29.9 Å². The summed E-state index contributed by atoms with van der Waals surface area (Å²) in [6.45, 7) is 0. The molecule has 1 rings (SSSR count). The quantitative estimate of drug-likeness (QED) is 0.719. The van der Waals surface area contributed by atoms with Crippen molar-refractivity contribution in [2.45, 2.75) is 6.04 Å². The van der Waals surface area contributed by atoms with Gasteiger partial charge in [-0.1, -0.05) is 6.07 Å². The van der Waals surface area contributed by atoms with Crippen molar-refractivity contribution in [2.24, 2.45) is 5.73 Å². The number of carbonyl (C=O) groups excluding carboxylic acids is 1. The first-order chi connectivity index (χ1) is 6.13. The van der Waals surface area contributed by atoms with Gasteiger partial charge in [-0.25, -0.2) is 0 Å². The molecule has 1 atom stereocenters. The Kier molecular flexibility index (Phi) is 2.97. The van der Waals surface area contributed by atoms with Gasteiger partial charge >= 0.3 is 0 Å². The molecule has 13 heavy (non-hydrogen) atoms. The fraction of sp³-hybridized carbons (Fsp3) is 0.333. The van der Waals surface area contributed by atoms with Crippen LogP contribution < -0.4 is 5.73 Å². The Morgan fingerprint density at radius 3 is 2.69 bits per heavy atom. The van der Waals surface area contributed by atoms with E-state index < -0.39 is 6.04 Å². The predicted octanol–water partition coefficient (Wildman–Crippen LogP) is 0.170. The summed E-state index contributed by atoms with van der Waals surface area (Å²) >= 11 is 0. The molecule has 0 spiro atoms. The Labute approximate surface area is 77.4 Å². The van der Waals surface area contributed by atoms with E-state index in [4.69, 9.17) is 5.73 Å². The molecule has 1 aromatic rings. The number of rotatable bonds is 3. The van der Waals surface area contributed by atoms with E-state index in [1.165, 1.54) is 0 Å². The normalized spacial score (nSPS) is 12.8. The Hall–Kier alpha value is -1.42. The lowest BCUT2D eigenvalue weighted by atomic mass is 10.1. The zero-order chi connectivity index (χ0) is 9.84.